The van der Waals surface area contributed by atoms with E-state index < -0.39 is 0 Å². The van der Waals surface area contributed by atoms with Gasteiger partial charge in [0.15, 0.2) is 0 Å². The summed E-state index contributed by atoms with van der Waals surface area (Å²) in [6.45, 7) is 5.70. The van der Waals surface area contributed by atoms with Gasteiger partial charge in [-0.3, -0.25) is 9.69 Å². The van der Waals surface area contributed by atoms with E-state index in [-0.39, 0.29) is 30.6 Å². The number of likely N-dealkylation sites (N-methyl/N-ethyl adjacent to an activating group) is 1. The number of benzene rings is 2. The quantitative estimate of drug-likeness (QED) is 0.618. The third-order valence-electron chi connectivity index (χ3n) is 6.09. The number of halogens is 2. The van der Waals surface area contributed by atoms with E-state index >= 15 is 0 Å². The second-order valence-electron chi connectivity index (χ2n) is 9.14. The van der Waals surface area contributed by atoms with Gasteiger partial charge in [-0.1, -0.05) is 36.2 Å². The molecule has 0 saturated carbocycles. The van der Waals surface area contributed by atoms with Gasteiger partial charge in [-0.05, 0) is 49.9 Å². The molecule has 1 aliphatic rings. The number of carbonyl (C=O) groups is 1. The van der Waals surface area contributed by atoms with Crippen molar-refractivity contribution in [1.82, 2.24) is 9.80 Å². The maximum absolute atomic E-state index is 13.4. The van der Waals surface area contributed by atoms with Gasteiger partial charge in [0, 0.05) is 45.3 Å². The molecule has 0 unspecified atom stereocenters. The van der Waals surface area contributed by atoms with Crippen LogP contribution in [-0.4, -0.2) is 73.8 Å². The minimum absolute atomic E-state index is 0.0564. The summed E-state index contributed by atoms with van der Waals surface area (Å²) >= 11 is 12.2. The van der Waals surface area contributed by atoms with Gasteiger partial charge in [0.1, 0.15) is 11.9 Å². The normalized spacial score (nSPS) is 19.5. The number of nitrogens with zero attached hydrogens (tertiary/aromatic N) is 3. The fourth-order valence-corrected chi connectivity index (χ4v) is 4.35. The molecule has 1 heterocycles. The van der Waals surface area contributed by atoms with E-state index in [2.05, 4.69) is 11.8 Å². The van der Waals surface area contributed by atoms with Crippen LogP contribution in [-0.2, 0) is 6.54 Å². The first-order valence-electron chi connectivity index (χ1n) is 11.1. The van der Waals surface area contributed by atoms with E-state index in [1.807, 2.05) is 63.3 Å². The summed E-state index contributed by atoms with van der Waals surface area (Å²) < 4.78 is 6.45. The molecule has 1 aliphatic heterocycles. The summed E-state index contributed by atoms with van der Waals surface area (Å²) in [4.78, 5) is 19.3. The number of aliphatic hydroxyl groups is 1. The number of ether oxygens (including phenoxy) is 1. The molecule has 33 heavy (non-hydrogen) atoms. The summed E-state index contributed by atoms with van der Waals surface area (Å²) in [5.74, 6) is 0.505. The number of fused-ring (bicyclic) bond motifs is 1. The average molecular weight is 494 g/mol. The largest absolute Gasteiger partial charge is 0.488 e. The highest BCUT2D eigenvalue weighted by atomic mass is 35.5. The molecule has 0 fully saturated rings. The van der Waals surface area contributed by atoms with Crippen LogP contribution in [0.2, 0.25) is 10.0 Å². The lowest BCUT2D eigenvalue weighted by atomic mass is 9.99. The first kappa shape index (κ1) is 25.6. The second-order valence-corrected chi connectivity index (χ2v) is 9.96. The van der Waals surface area contributed by atoms with Gasteiger partial charge >= 0.3 is 0 Å². The standard InChI is InChI=1S/C25H33Cl2N3O3/c1-16-12-30(17(2)15-31)25(32)20-11-19(28(3)4)7-9-23(20)33-24(16)14-29(5)13-18-6-8-21(26)22(27)10-18/h6-11,16-17,24,31H,12-15H2,1-5H3/t16-,17-,24+/m0/s1. The van der Waals surface area contributed by atoms with E-state index in [0.29, 0.717) is 41.0 Å². The van der Waals surface area contributed by atoms with Crippen molar-refractivity contribution in [3.8, 4) is 5.75 Å². The zero-order valence-corrected chi connectivity index (χ0v) is 21.4. The molecule has 180 valence electrons. The van der Waals surface area contributed by atoms with Gasteiger partial charge in [0.25, 0.3) is 5.91 Å². The lowest BCUT2D eigenvalue weighted by Gasteiger charge is -2.38. The van der Waals surface area contributed by atoms with Crippen LogP contribution in [0.25, 0.3) is 0 Å². The zero-order valence-electron chi connectivity index (χ0n) is 19.9. The SMILES string of the molecule is C[C@H]1CN([C@@H](C)CO)C(=O)c2cc(N(C)C)ccc2O[C@@H]1CN(C)Cc1ccc(Cl)c(Cl)c1. The Morgan fingerprint density at radius 2 is 1.88 bits per heavy atom. The van der Waals surface area contributed by atoms with E-state index in [9.17, 15) is 9.90 Å². The molecular weight excluding hydrogens is 461 g/mol. The molecule has 6 nitrogen and oxygen atoms in total. The maximum Gasteiger partial charge on any atom is 0.258 e. The molecule has 3 rings (SSSR count). The zero-order chi connectivity index (χ0) is 24.3. The van der Waals surface area contributed by atoms with Crippen LogP contribution in [0.5, 0.6) is 5.75 Å². The Hall–Kier alpha value is -1.99. The first-order chi connectivity index (χ1) is 15.6. The van der Waals surface area contributed by atoms with E-state index in [4.69, 9.17) is 27.9 Å². The van der Waals surface area contributed by atoms with Gasteiger partial charge < -0.3 is 19.6 Å². The van der Waals surface area contributed by atoms with Crippen molar-refractivity contribution >= 4 is 34.8 Å². The molecule has 2 aromatic rings. The van der Waals surface area contributed by atoms with E-state index in [1.165, 1.54) is 0 Å². The average Bonchev–Trinajstić information content (AvgIpc) is 2.77. The van der Waals surface area contributed by atoms with Gasteiger partial charge in [-0.2, -0.15) is 0 Å². The summed E-state index contributed by atoms with van der Waals surface area (Å²) in [6, 6.07) is 11.0. The van der Waals surface area contributed by atoms with Crippen LogP contribution >= 0.6 is 23.2 Å². The van der Waals surface area contributed by atoms with Crippen molar-refractivity contribution in [3.63, 3.8) is 0 Å². The van der Waals surface area contributed by atoms with Gasteiger partial charge in [0.2, 0.25) is 0 Å². The van der Waals surface area contributed by atoms with Gasteiger partial charge in [-0.15, -0.1) is 0 Å². The molecule has 0 bridgehead atoms. The summed E-state index contributed by atoms with van der Waals surface area (Å²) in [5, 5.41) is 10.9. The van der Waals surface area contributed by atoms with Crippen LogP contribution in [0.1, 0.15) is 29.8 Å². The number of hydrogen-bond acceptors (Lipinski definition) is 5. The molecule has 1 N–H and O–H groups in total. The molecule has 3 atom stereocenters. The predicted molar refractivity (Wildman–Crippen MR) is 135 cm³/mol. The van der Waals surface area contributed by atoms with Crippen molar-refractivity contribution in [1.29, 1.82) is 0 Å². The first-order valence-corrected chi connectivity index (χ1v) is 11.9. The van der Waals surface area contributed by atoms with E-state index in [0.717, 1.165) is 11.3 Å². The molecular formula is C25H33Cl2N3O3. The topological polar surface area (TPSA) is 56.3 Å². The maximum atomic E-state index is 13.4. The molecule has 0 aromatic heterocycles. The number of rotatable bonds is 7. The molecule has 0 spiro atoms. The number of hydrogen-bond donors (Lipinski definition) is 1. The molecule has 0 radical (unpaired) electrons. The Morgan fingerprint density at radius 3 is 2.52 bits per heavy atom. The van der Waals surface area contributed by atoms with Crippen molar-refractivity contribution in [2.24, 2.45) is 5.92 Å². The monoisotopic (exact) mass is 493 g/mol. The van der Waals surface area contributed by atoms with Gasteiger partial charge in [0.05, 0.1) is 28.3 Å². The van der Waals surface area contributed by atoms with Gasteiger partial charge in [-0.25, -0.2) is 0 Å². The number of anilines is 1. The minimum atomic E-state index is -0.288. The predicted octanol–water partition coefficient (Wildman–Crippen LogP) is 4.41. The minimum Gasteiger partial charge on any atom is -0.488 e. The lowest BCUT2D eigenvalue weighted by molar-refractivity contribution is 0.0341. The Bertz CT molecular complexity index is 985. The summed E-state index contributed by atoms with van der Waals surface area (Å²) in [5.41, 5.74) is 2.50. The highest BCUT2D eigenvalue weighted by molar-refractivity contribution is 6.42. The summed E-state index contributed by atoms with van der Waals surface area (Å²) in [7, 11) is 5.91. The van der Waals surface area contributed by atoms with Crippen molar-refractivity contribution in [2.45, 2.75) is 32.5 Å². The highest BCUT2D eigenvalue weighted by Crippen LogP contribution is 2.31. The highest BCUT2D eigenvalue weighted by Gasteiger charge is 2.33. The molecule has 0 aliphatic carbocycles. The van der Waals surface area contributed by atoms with Crippen LogP contribution in [0, 0.1) is 5.92 Å². The molecule has 0 saturated heterocycles. The van der Waals surface area contributed by atoms with Crippen LogP contribution < -0.4 is 9.64 Å². The number of amides is 1. The third kappa shape index (κ3) is 6.12. The Labute approximate surface area is 206 Å². The van der Waals surface area contributed by atoms with Crippen molar-refractivity contribution < 1.29 is 14.6 Å². The second kappa shape index (κ2) is 11.0. The molecule has 1 amide bonds. The molecule has 2 aromatic carbocycles. The number of aliphatic hydroxyl groups excluding tert-OH is 1. The fraction of sp³-hybridized carbons (Fsp3) is 0.480. The van der Waals surface area contributed by atoms with E-state index in [1.54, 1.807) is 11.0 Å². The van der Waals surface area contributed by atoms with Crippen molar-refractivity contribution in [3.05, 3.63) is 57.6 Å². The lowest BCUT2D eigenvalue weighted by Crippen LogP contribution is -2.49. The van der Waals surface area contributed by atoms with Crippen molar-refractivity contribution in [2.75, 3.05) is 45.7 Å². The van der Waals surface area contributed by atoms with Crippen LogP contribution in [0.4, 0.5) is 5.69 Å². The Kier molecular flexibility index (Phi) is 8.51. The molecule has 8 heteroatoms. The number of carbonyl (C=O) groups excluding carboxylic acids is 1. The fourth-order valence-electron chi connectivity index (χ4n) is 4.03. The third-order valence-corrected chi connectivity index (χ3v) is 6.83. The Balaban J connectivity index is 1.88. The summed E-state index contributed by atoms with van der Waals surface area (Å²) in [6.07, 6.45) is -0.150. The Morgan fingerprint density at radius 1 is 1.15 bits per heavy atom. The smallest absolute Gasteiger partial charge is 0.258 e. The van der Waals surface area contributed by atoms with Crippen LogP contribution in [0.15, 0.2) is 36.4 Å². The van der Waals surface area contributed by atoms with Crippen LogP contribution in [0.3, 0.4) is 0 Å².